The molecule has 0 aromatic carbocycles. The predicted octanol–water partition coefficient (Wildman–Crippen LogP) is 4.90. The van der Waals surface area contributed by atoms with E-state index in [1.54, 1.807) is 0 Å². The SMILES string of the molecule is CC.CC.CC.CCCOCCC. The maximum absolute atomic E-state index is 5.13. The molecule has 1 nitrogen and oxygen atoms in total. The molecular formula is C12H32O. The Bertz CT molecular complexity index is 24.3. The molecule has 1 heteroatoms. The fourth-order valence-corrected chi connectivity index (χ4v) is 0.391. The molecule has 0 rings (SSSR count). The minimum absolute atomic E-state index is 0.924. The number of rotatable bonds is 4. The number of hydrogen-bond acceptors (Lipinski definition) is 1. The molecule has 0 fully saturated rings. The van der Waals surface area contributed by atoms with E-state index in [9.17, 15) is 0 Å². The van der Waals surface area contributed by atoms with Gasteiger partial charge < -0.3 is 4.74 Å². The monoisotopic (exact) mass is 192 g/mol. The summed E-state index contributed by atoms with van der Waals surface area (Å²) in [6.07, 6.45) is 2.28. The van der Waals surface area contributed by atoms with Crippen LogP contribution in [0.25, 0.3) is 0 Å². The molecule has 0 N–H and O–H groups in total. The summed E-state index contributed by atoms with van der Waals surface area (Å²) >= 11 is 0. The summed E-state index contributed by atoms with van der Waals surface area (Å²) in [5.41, 5.74) is 0. The van der Waals surface area contributed by atoms with Crippen LogP contribution in [0.1, 0.15) is 68.2 Å². The standard InChI is InChI=1S/C6H14O.3C2H6/c1-3-5-7-6-4-2;3*1-2/h3-6H2,1-2H3;3*1-2H3. The van der Waals surface area contributed by atoms with Crippen LogP contribution in [0.4, 0.5) is 0 Å². The summed E-state index contributed by atoms with van der Waals surface area (Å²) in [5, 5.41) is 0. The Labute approximate surface area is 86.9 Å². The van der Waals surface area contributed by atoms with Crippen molar-refractivity contribution in [2.24, 2.45) is 0 Å². The minimum atomic E-state index is 0.924. The topological polar surface area (TPSA) is 9.23 Å². The van der Waals surface area contributed by atoms with Gasteiger partial charge in [0.1, 0.15) is 0 Å². The molecule has 86 valence electrons. The van der Waals surface area contributed by atoms with Crippen LogP contribution < -0.4 is 0 Å². The third kappa shape index (κ3) is 75.7. The normalized spacial score (nSPS) is 6.46. The third-order valence-electron chi connectivity index (χ3n) is 0.697. The summed E-state index contributed by atoms with van der Waals surface area (Å²) in [6, 6.07) is 0. The average Bonchev–Trinajstić information content (AvgIpc) is 2.27. The van der Waals surface area contributed by atoms with Crippen molar-refractivity contribution >= 4 is 0 Å². The van der Waals surface area contributed by atoms with Gasteiger partial charge in [-0.15, -0.1) is 0 Å². The van der Waals surface area contributed by atoms with Crippen LogP contribution in [-0.2, 0) is 4.74 Å². The van der Waals surface area contributed by atoms with Crippen LogP contribution in [0.2, 0.25) is 0 Å². The second-order valence-electron chi connectivity index (χ2n) is 1.61. The van der Waals surface area contributed by atoms with Crippen molar-refractivity contribution in [1.82, 2.24) is 0 Å². The molecule has 0 aliphatic carbocycles. The van der Waals surface area contributed by atoms with Gasteiger partial charge in [-0.1, -0.05) is 55.4 Å². The van der Waals surface area contributed by atoms with E-state index in [1.165, 1.54) is 0 Å². The molecular weight excluding hydrogens is 160 g/mol. The van der Waals surface area contributed by atoms with Gasteiger partial charge in [0.05, 0.1) is 0 Å². The first-order valence-corrected chi connectivity index (χ1v) is 5.99. The van der Waals surface area contributed by atoms with Crippen LogP contribution in [-0.4, -0.2) is 13.2 Å². The van der Waals surface area contributed by atoms with Gasteiger partial charge in [-0.2, -0.15) is 0 Å². The molecule has 0 aromatic heterocycles. The highest BCUT2D eigenvalue weighted by Gasteiger charge is 1.77. The van der Waals surface area contributed by atoms with Gasteiger partial charge in [0.25, 0.3) is 0 Å². The van der Waals surface area contributed by atoms with Crippen molar-refractivity contribution < 1.29 is 4.74 Å². The number of hydrogen-bond donors (Lipinski definition) is 0. The second-order valence-corrected chi connectivity index (χ2v) is 1.61. The van der Waals surface area contributed by atoms with E-state index < -0.39 is 0 Å². The fourth-order valence-electron chi connectivity index (χ4n) is 0.391. The molecule has 0 atom stereocenters. The highest BCUT2D eigenvalue weighted by atomic mass is 16.5. The molecule has 0 aliphatic rings. The fraction of sp³-hybridized carbons (Fsp3) is 1.00. The quantitative estimate of drug-likeness (QED) is 0.576. The lowest BCUT2D eigenvalue weighted by molar-refractivity contribution is 0.135. The zero-order chi connectivity index (χ0) is 11.5. The minimum Gasteiger partial charge on any atom is -0.381 e. The molecule has 0 saturated heterocycles. The van der Waals surface area contributed by atoms with Gasteiger partial charge in [-0.25, -0.2) is 0 Å². The zero-order valence-corrected chi connectivity index (χ0v) is 11.2. The van der Waals surface area contributed by atoms with E-state index >= 15 is 0 Å². The van der Waals surface area contributed by atoms with Crippen molar-refractivity contribution in [3.63, 3.8) is 0 Å². The molecule has 0 heterocycles. The lowest BCUT2D eigenvalue weighted by atomic mass is 10.5. The Balaban J connectivity index is -0.0000000573. The smallest absolute Gasteiger partial charge is 0.0463 e. The lowest BCUT2D eigenvalue weighted by Gasteiger charge is -1.95. The van der Waals surface area contributed by atoms with Crippen LogP contribution in [0.5, 0.6) is 0 Å². The molecule has 0 amide bonds. The van der Waals surface area contributed by atoms with Crippen molar-refractivity contribution in [1.29, 1.82) is 0 Å². The second kappa shape index (κ2) is 58.4. The predicted molar refractivity (Wildman–Crippen MR) is 65.4 cm³/mol. The van der Waals surface area contributed by atoms with Gasteiger partial charge in [-0.05, 0) is 12.8 Å². The Morgan fingerprint density at radius 3 is 1.00 bits per heavy atom. The largest absolute Gasteiger partial charge is 0.381 e. The molecule has 0 unspecified atom stereocenters. The van der Waals surface area contributed by atoms with Crippen LogP contribution >= 0.6 is 0 Å². The highest BCUT2D eigenvalue weighted by Crippen LogP contribution is 1.81. The van der Waals surface area contributed by atoms with E-state index in [2.05, 4.69) is 13.8 Å². The van der Waals surface area contributed by atoms with Gasteiger partial charge in [0, 0.05) is 13.2 Å². The van der Waals surface area contributed by atoms with E-state index in [1.807, 2.05) is 41.5 Å². The summed E-state index contributed by atoms with van der Waals surface area (Å²) in [6.45, 7) is 18.1. The highest BCUT2D eigenvalue weighted by molar-refractivity contribution is 4.25. The summed E-state index contributed by atoms with van der Waals surface area (Å²) in [5.74, 6) is 0. The Morgan fingerprint density at radius 1 is 0.615 bits per heavy atom. The maximum atomic E-state index is 5.13. The third-order valence-corrected chi connectivity index (χ3v) is 0.697. The zero-order valence-electron chi connectivity index (χ0n) is 11.2. The first kappa shape index (κ1) is 23.1. The van der Waals surface area contributed by atoms with Crippen molar-refractivity contribution in [3.8, 4) is 0 Å². The molecule has 0 aliphatic heterocycles. The van der Waals surface area contributed by atoms with Crippen molar-refractivity contribution in [2.45, 2.75) is 68.2 Å². The average molecular weight is 192 g/mol. The Hall–Kier alpha value is -0.0400. The van der Waals surface area contributed by atoms with Crippen molar-refractivity contribution in [3.05, 3.63) is 0 Å². The van der Waals surface area contributed by atoms with E-state index in [0.717, 1.165) is 26.1 Å². The van der Waals surface area contributed by atoms with Gasteiger partial charge in [0.2, 0.25) is 0 Å². The molecule has 13 heavy (non-hydrogen) atoms. The van der Waals surface area contributed by atoms with Crippen LogP contribution in [0.3, 0.4) is 0 Å². The molecule has 0 bridgehead atoms. The van der Waals surface area contributed by atoms with E-state index in [-0.39, 0.29) is 0 Å². The summed E-state index contributed by atoms with van der Waals surface area (Å²) in [7, 11) is 0. The van der Waals surface area contributed by atoms with E-state index in [4.69, 9.17) is 4.74 Å². The summed E-state index contributed by atoms with van der Waals surface area (Å²) < 4.78 is 5.13. The van der Waals surface area contributed by atoms with Gasteiger partial charge in [0.15, 0.2) is 0 Å². The number of ether oxygens (including phenoxy) is 1. The summed E-state index contributed by atoms with van der Waals surface area (Å²) in [4.78, 5) is 0. The Morgan fingerprint density at radius 2 is 0.846 bits per heavy atom. The maximum Gasteiger partial charge on any atom is 0.0463 e. The van der Waals surface area contributed by atoms with Crippen molar-refractivity contribution in [2.75, 3.05) is 13.2 Å². The first-order chi connectivity index (χ1) is 6.41. The lowest BCUT2D eigenvalue weighted by Crippen LogP contribution is -1.92. The van der Waals surface area contributed by atoms with Gasteiger partial charge >= 0.3 is 0 Å². The van der Waals surface area contributed by atoms with Crippen LogP contribution in [0, 0.1) is 0 Å². The van der Waals surface area contributed by atoms with Gasteiger partial charge in [-0.3, -0.25) is 0 Å². The first-order valence-electron chi connectivity index (χ1n) is 5.99. The van der Waals surface area contributed by atoms with Crippen LogP contribution in [0.15, 0.2) is 0 Å². The molecule has 0 radical (unpaired) electrons. The molecule has 0 spiro atoms. The van der Waals surface area contributed by atoms with E-state index in [0.29, 0.717) is 0 Å². The Kier molecular flexibility index (Phi) is 104. The molecule has 0 aromatic rings. The molecule has 0 saturated carbocycles.